The van der Waals surface area contributed by atoms with E-state index in [1.54, 1.807) is 30.3 Å². The van der Waals surface area contributed by atoms with Crippen molar-refractivity contribution in [2.45, 2.75) is 38.2 Å². The van der Waals surface area contributed by atoms with Crippen molar-refractivity contribution >= 4 is 11.7 Å². The first kappa shape index (κ1) is 21.6. The Labute approximate surface area is 175 Å². The molecule has 7 heteroatoms. The van der Waals surface area contributed by atoms with Crippen molar-refractivity contribution in [1.82, 2.24) is 5.32 Å². The summed E-state index contributed by atoms with van der Waals surface area (Å²) in [5.74, 6) is 1.30. The number of phenolic OH excluding ortho intramolecular Hbond substituents is 1. The van der Waals surface area contributed by atoms with Gasteiger partial charge in [-0.1, -0.05) is 12.5 Å². The molecular formula is C23H27NO6. The number of carbonyl (C=O) groups is 2. The molecule has 2 aromatic carbocycles. The smallest absolute Gasteiger partial charge is 0.220 e. The van der Waals surface area contributed by atoms with Crippen LogP contribution in [-0.4, -0.2) is 41.7 Å². The van der Waals surface area contributed by atoms with Crippen LogP contribution in [0.2, 0.25) is 0 Å². The first-order valence-corrected chi connectivity index (χ1v) is 10.2. The van der Waals surface area contributed by atoms with Gasteiger partial charge in [-0.15, -0.1) is 0 Å². The molecule has 7 nitrogen and oxygen atoms in total. The van der Waals surface area contributed by atoms with E-state index in [1.807, 2.05) is 0 Å². The molecule has 0 bridgehead atoms. The maximum atomic E-state index is 12.0. The molecule has 30 heavy (non-hydrogen) atoms. The van der Waals surface area contributed by atoms with Crippen LogP contribution < -0.4 is 14.8 Å². The number of amides is 1. The third-order valence-electron chi connectivity index (χ3n) is 4.94. The quantitative estimate of drug-likeness (QED) is 0.408. The lowest BCUT2D eigenvalue weighted by Crippen LogP contribution is -2.28. The van der Waals surface area contributed by atoms with E-state index in [-0.39, 0.29) is 24.0 Å². The topological polar surface area (TPSA) is 105 Å². The van der Waals surface area contributed by atoms with Gasteiger partial charge in [-0.25, -0.2) is 0 Å². The Balaban J connectivity index is 1.31. The summed E-state index contributed by atoms with van der Waals surface area (Å²) in [7, 11) is 0. The van der Waals surface area contributed by atoms with E-state index in [4.69, 9.17) is 9.47 Å². The minimum absolute atomic E-state index is 0.0296. The number of aromatic hydroxyl groups is 1. The first-order valence-electron chi connectivity index (χ1n) is 10.2. The fourth-order valence-electron chi connectivity index (χ4n) is 3.22. The number of benzene rings is 2. The van der Waals surface area contributed by atoms with Gasteiger partial charge >= 0.3 is 0 Å². The highest BCUT2D eigenvalue weighted by Gasteiger charge is 2.16. The molecule has 0 spiro atoms. The number of rotatable bonds is 10. The molecule has 1 aliphatic heterocycles. The highest BCUT2D eigenvalue weighted by Crippen LogP contribution is 2.32. The van der Waals surface area contributed by atoms with E-state index in [2.05, 4.69) is 5.32 Å². The summed E-state index contributed by atoms with van der Waals surface area (Å²) in [6.07, 6.45) is 2.08. The number of hydrogen-bond donors (Lipinski definition) is 3. The number of nitrogens with one attached hydrogen (secondary N) is 1. The molecule has 1 heterocycles. The third kappa shape index (κ3) is 6.22. The fraction of sp³-hybridized carbons (Fsp3) is 0.391. The molecule has 1 amide bonds. The number of phenols is 1. The van der Waals surface area contributed by atoms with Gasteiger partial charge in [0.15, 0.2) is 17.3 Å². The zero-order valence-corrected chi connectivity index (χ0v) is 16.8. The summed E-state index contributed by atoms with van der Waals surface area (Å²) in [5.41, 5.74) is 1.24. The lowest BCUT2D eigenvalue weighted by molar-refractivity contribution is -0.121. The average Bonchev–Trinajstić information content (AvgIpc) is 2.77. The standard InChI is InChI=1S/C23H27NO6/c25-18-9-6-16(7-10-18)19(26)4-2-1-3-5-23(28)24-15-20(27)17-8-11-21-22(14-17)30-13-12-29-21/h6-11,14,20,25,27H,1-5,12-13,15H2,(H,24,28). The molecule has 0 aromatic heterocycles. The SMILES string of the molecule is O=C(CCCCCC(=O)c1ccc(O)cc1)NCC(O)c1ccc2c(c1)OCCO2. The van der Waals surface area contributed by atoms with Crippen molar-refractivity contribution < 1.29 is 29.3 Å². The zero-order chi connectivity index (χ0) is 21.3. The van der Waals surface area contributed by atoms with Crippen LogP contribution in [0.25, 0.3) is 0 Å². The predicted octanol–water partition coefficient (Wildman–Crippen LogP) is 3.15. The van der Waals surface area contributed by atoms with Crippen LogP contribution in [0.4, 0.5) is 0 Å². The van der Waals surface area contributed by atoms with Crippen molar-refractivity contribution in [2.24, 2.45) is 0 Å². The van der Waals surface area contributed by atoms with E-state index in [9.17, 15) is 19.8 Å². The van der Waals surface area contributed by atoms with E-state index < -0.39 is 6.10 Å². The minimum Gasteiger partial charge on any atom is -0.508 e. The van der Waals surface area contributed by atoms with E-state index in [0.717, 1.165) is 6.42 Å². The Morgan fingerprint density at radius 1 is 0.933 bits per heavy atom. The summed E-state index contributed by atoms with van der Waals surface area (Å²) >= 11 is 0. The maximum absolute atomic E-state index is 12.0. The number of ketones is 1. The molecule has 3 N–H and O–H groups in total. The van der Waals surface area contributed by atoms with Crippen LogP contribution in [0.5, 0.6) is 17.2 Å². The highest BCUT2D eigenvalue weighted by atomic mass is 16.6. The van der Waals surface area contributed by atoms with Gasteiger partial charge in [0, 0.05) is 24.9 Å². The van der Waals surface area contributed by atoms with E-state index >= 15 is 0 Å². The van der Waals surface area contributed by atoms with Gasteiger partial charge in [0.1, 0.15) is 19.0 Å². The highest BCUT2D eigenvalue weighted by molar-refractivity contribution is 5.96. The fourth-order valence-corrected chi connectivity index (χ4v) is 3.22. The summed E-state index contributed by atoms with van der Waals surface area (Å²) in [6.45, 7) is 1.11. The largest absolute Gasteiger partial charge is 0.508 e. The Bertz CT molecular complexity index is 864. The summed E-state index contributed by atoms with van der Waals surface area (Å²) < 4.78 is 11.0. The van der Waals surface area contributed by atoms with Gasteiger partial charge in [-0.2, -0.15) is 0 Å². The van der Waals surface area contributed by atoms with Crippen LogP contribution in [0.1, 0.15) is 54.1 Å². The van der Waals surface area contributed by atoms with Gasteiger partial charge in [-0.3, -0.25) is 9.59 Å². The summed E-state index contributed by atoms with van der Waals surface area (Å²) in [5, 5.41) is 22.3. The number of aliphatic hydroxyl groups is 1. The summed E-state index contributed by atoms with van der Waals surface area (Å²) in [4.78, 5) is 24.1. The minimum atomic E-state index is -0.826. The second-order valence-electron chi connectivity index (χ2n) is 7.25. The predicted molar refractivity (Wildman–Crippen MR) is 111 cm³/mol. The number of ether oxygens (including phenoxy) is 2. The van der Waals surface area contributed by atoms with Crippen LogP contribution in [0, 0.1) is 0 Å². The molecule has 1 aliphatic rings. The van der Waals surface area contributed by atoms with Gasteiger partial charge in [0.05, 0.1) is 6.10 Å². The second kappa shape index (κ2) is 10.6. The zero-order valence-electron chi connectivity index (χ0n) is 16.8. The average molecular weight is 413 g/mol. The number of fused-ring (bicyclic) bond motifs is 1. The first-order chi connectivity index (χ1) is 14.5. The Hall–Kier alpha value is -3.06. The van der Waals surface area contributed by atoms with Gasteiger partial charge in [0.2, 0.25) is 5.91 Å². The van der Waals surface area contributed by atoms with Gasteiger partial charge in [0.25, 0.3) is 0 Å². The number of Topliss-reactive ketones (excluding diaryl/α,β-unsaturated/α-hetero) is 1. The summed E-state index contributed by atoms with van der Waals surface area (Å²) in [6, 6.07) is 11.5. The molecular weight excluding hydrogens is 386 g/mol. The molecule has 0 saturated heterocycles. The lowest BCUT2D eigenvalue weighted by atomic mass is 10.0. The van der Waals surface area contributed by atoms with Gasteiger partial charge < -0.3 is 25.0 Å². The van der Waals surface area contributed by atoms with Crippen LogP contribution in [-0.2, 0) is 4.79 Å². The van der Waals surface area contributed by atoms with Crippen molar-refractivity contribution in [3.8, 4) is 17.2 Å². The third-order valence-corrected chi connectivity index (χ3v) is 4.94. The molecule has 2 aromatic rings. The van der Waals surface area contributed by atoms with Crippen LogP contribution in [0.15, 0.2) is 42.5 Å². The van der Waals surface area contributed by atoms with E-state index in [1.165, 1.54) is 12.1 Å². The van der Waals surface area contributed by atoms with E-state index in [0.29, 0.717) is 61.5 Å². The molecule has 0 saturated carbocycles. The normalized spacial score (nSPS) is 13.5. The Kier molecular flexibility index (Phi) is 7.68. The number of aliphatic hydroxyl groups excluding tert-OH is 1. The second-order valence-corrected chi connectivity index (χ2v) is 7.25. The number of unbranched alkanes of at least 4 members (excludes halogenated alkanes) is 2. The molecule has 0 radical (unpaired) electrons. The molecule has 0 fully saturated rings. The van der Waals surface area contributed by atoms with Crippen LogP contribution in [0.3, 0.4) is 0 Å². The molecule has 1 unspecified atom stereocenters. The van der Waals surface area contributed by atoms with Crippen LogP contribution >= 0.6 is 0 Å². The monoisotopic (exact) mass is 413 g/mol. The van der Waals surface area contributed by atoms with Crippen molar-refractivity contribution in [3.05, 3.63) is 53.6 Å². The molecule has 1 atom stereocenters. The lowest BCUT2D eigenvalue weighted by Gasteiger charge is -2.20. The molecule has 0 aliphatic carbocycles. The maximum Gasteiger partial charge on any atom is 0.220 e. The number of carbonyl (C=O) groups excluding carboxylic acids is 2. The van der Waals surface area contributed by atoms with Crippen molar-refractivity contribution in [2.75, 3.05) is 19.8 Å². The number of hydrogen-bond acceptors (Lipinski definition) is 6. The molecule has 160 valence electrons. The van der Waals surface area contributed by atoms with Gasteiger partial charge in [-0.05, 0) is 54.8 Å². The Morgan fingerprint density at radius 3 is 2.40 bits per heavy atom. The van der Waals surface area contributed by atoms with Crippen molar-refractivity contribution in [3.63, 3.8) is 0 Å². The molecule has 3 rings (SSSR count). The van der Waals surface area contributed by atoms with Crippen molar-refractivity contribution in [1.29, 1.82) is 0 Å². The Morgan fingerprint density at radius 2 is 1.63 bits per heavy atom.